The highest BCUT2D eigenvalue weighted by atomic mass is 16.3. The minimum Gasteiger partial charge on any atom is -0.507 e. The molecule has 0 aliphatic heterocycles. The summed E-state index contributed by atoms with van der Waals surface area (Å²) in [4.78, 5) is 11.7. The van der Waals surface area contributed by atoms with E-state index in [0.29, 0.717) is 5.56 Å². The number of nitrogens with one attached hydrogen (secondary N) is 2. The Labute approximate surface area is 129 Å². The summed E-state index contributed by atoms with van der Waals surface area (Å²) in [5.74, 6) is -0.131. The number of aryl methyl sites for hydroxylation is 2. The van der Waals surface area contributed by atoms with Gasteiger partial charge in [-0.3, -0.25) is 4.79 Å². The lowest BCUT2D eigenvalue weighted by molar-refractivity contribution is -0.119. The van der Waals surface area contributed by atoms with Gasteiger partial charge in [0.25, 0.3) is 5.91 Å². The third-order valence-corrected chi connectivity index (χ3v) is 3.16. The second-order valence-electron chi connectivity index (χ2n) is 5.02. The highest BCUT2D eigenvalue weighted by Crippen LogP contribution is 2.15. The standard InChI is InChI=1S/C17H19N3O2/c1-12-7-8-16(21)14(9-12)10-19-20-17(22)11-18-15-6-4-3-5-13(15)2/h3-10,18,21H,11H2,1-2H3,(H,20,22)/b19-10-. The molecule has 2 aromatic carbocycles. The van der Waals surface area contributed by atoms with Gasteiger partial charge < -0.3 is 10.4 Å². The van der Waals surface area contributed by atoms with Crippen molar-refractivity contribution in [2.24, 2.45) is 5.10 Å². The van der Waals surface area contributed by atoms with E-state index in [0.717, 1.165) is 16.8 Å². The molecule has 0 aliphatic carbocycles. The SMILES string of the molecule is Cc1ccc(O)c(/C=N\NC(=O)CNc2ccccc2C)c1. The predicted molar refractivity (Wildman–Crippen MR) is 88.2 cm³/mol. The lowest BCUT2D eigenvalue weighted by atomic mass is 10.1. The smallest absolute Gasteiger partial charge is 0.259 e. The maximum Gasteiger partial charge on any atom is 0.259 e. The van der Waals surface area contributed by atoms with E-state index in [1.165, 1.54) is 6.21 Å². The molecule has 2 rings (SSSR count). The first-order chi connectivity index (χ1) is 10.6. The zero-order valence-corrected chi connectivity index (χ0v) is 12.6. The summed E-state index contributed by atoms with van der Waals surface area (Å²) in [6.45, 7) is 4.02. The predicted octanol–water partition coefficient (Wildman–Crippen LogP) is 2.57. The summed E-state index contributed by atoms with van der Waals surface area (Å²) in [6, 6.07) is 12.9. The average molecular weight is 297 g/mol. The molecule has 5 heteroatoms. The monoisotopic (exact) mass is 297 g/mol. The second kappa shape index (κ2) is 7.26. The van der Waals surface area contributed by atoms with Gasteiger partial charge in [0.05, 0.1) is 12.8 Å². The molecule has 114 valence electrons. The molecule has 0 bridgehead atoms. The third kappa shape index (κ3) is 4.34. The van der Waals surface area contributed by atoms with Crippen LogP contribution in [-0.4, -0.2) is 23.8 Å². The van der Waals surface area contributed by atoms with Crippen LogP contribution in [0.4, 0.5) is 5.69 Å². The highest BCUT2D eigenvalue weighted by molar-refractivity contribution is 5.86. The molecule has 0 fully saturated rings. The number of phenolic OH excluding ortho intramolecular Hbond substituents is 1. The Morgan fingerprint density at radius 2 is 2.00 bits per heavy atom. The van der Waals surface area contributed by atoms with E-state index in [-0.39, 0.29) is 18.2 Å². The van der Waals surface area contributed by atoms with Crippen LogP contribution < -0.4 is 10.7 Å². The number of aromatic hydroxyl groups is 1. The maximum atomic E-state index is 11.7. The quantitative estimate of drug-likeness (QED) is 0.586. The van der Waals surface area contributed by atoms with Gasteiger partial charge in [-0.1, -0.05) is 29.8 Å². The Balaban J connectivity index is 1.86. The topological polar surface area (TPSA) is 73.7 Å². The first-order valence-electron chi connectivity index (χ1n) is 6.97. The van der Waals surface area contributed by atoms with E-state index in [2.05, 4.69) is 15.8 Å². The first-order valence-corrected chi connectivity index (χ1v) is 6.97. The minimum atomic E-state index is -0.258. The number of carbonyl (C=O) groups excluding carboxylic acids is 1. The molecule has 0 saturated carbocycles. The van der Waals surface area contributed by atoms with Crippen molar-refractivity contribution in [3.8, 4) is 5.75 Å². The molecule has 0 spiro atoms. The van der Waals surface area contributed by atoms with Gasteiger partial charge in [-0.05, 0) is 37.6 Å². The van der Waals surface area contributed by atoms with E-state index in [4.69, 9.17) is 0 Å². The molecule has 0 unspecified atom stereocenters. The fourth-order valence-electron chi connectivity index (χ4n) is 1.94. The zero-order chi connectivity index (χ0) is 15.9. The van der Waals surface area contributed by atoms with Crippen molar-refractivity contribution < 1.29 is 9.90 Å². The Morgan fingerprint density at radius 1 is 1.23 bits per heavy atom. The molecular formula is C17H19N3O2. The van der Waals surface area contributed by atoms with Gasteiger partial charge in [0.1, 0.15) is 5.75 Å². The number of rotatable bonds is 5. The number of benzene rings is 2. The van der Waals surface area contributed by atoms with Crippen LogP contribution >= 0.6 is 0 Å². The van der Waals surface area contributed by atoms with Crippen LogP contribution in [0.2, 0.25) is 0 Å². The van der Waals surface area contributed by atoms with Crippen LogP contribution in [0.15, 0.2) is 47.6 Å². The molecule has 2 aromatic rings. The molecule has 3 N–H and O–H groups in total. The van der Waals surface area contributed by atoms with Crippen molar-refractivity contribution in [3.05, 3.63) is 59.2 Å². The van der Waals surface area contributed by atoms with Crippen LogP contribution in [-0.2, 0) is 4.79 Å². The molecule has 0 aliphatic rings. The molecule has 0 heterocycles. The van der Waals surface area contributed by atoms with Crippen LogP contribution in [0.5, 0.6) is 5.75 Å². The van der Waals surface area contributed by atoms with E-state index in [1.807, 2.05) is 38.1 Å². The number of anilines is 1. The van der Waals surface area contributed by atoms with Gasteiger partial charge in [0.15, 0.2) is 0 Å². The first kappa shape index (κ1) is 15.6. The fourth-order valence-corrected chi connectivity index (χ4v) is 1.94. The summed E-state index contributed by atoms with van der Waals surface area (Å²) in [7, 11) is 0. The molecule has 0 atom stereocenters. The highest BCUT2D eigenvalue weighted by Gasteiger charge is 2.02. The van der Waals surface area contributed by atoms with Gasteiger partial charge in [-0.15, -0.1) is 0 Å². The summed E-state index contributed by atoms with van der Waals surface area (Å²) in [5.41, 5.74) is 5.98. The van der Waals surface area contributed by atoms with Gasteiger partial charge in [0.2, 0.25) is 0 Å². The van der Waals surface area contributed by atoms with Crippen molar-refractivity contribution in [2.75, 3.05) is 11.9 Å². The number of hydrogen-bond acceptors (Lipinski definition) is 4. The van der Waals surface area contributed by atoms with Crippen LogP contribution in [0, 0.1) is 13.8 Å². The Bertz CT molecular complexity index is 696. The lowest BCUT2D eigenvalue weighted by Crippen LogP contribution is -2.26. The number of hydrazone groups is 1. The molecule has 0 saturated heterocycles. The second-order valence-corrected chi connectivity index (χ2v) is 5.02. The van der Waals surface area contributed by atoms with Gasteiger partial charge in [0, 0.05) is 11.3 Å². The van der Waals surface area contributed by atoms with E-state index in [1.54, 1.807) is 18.2 Å². The Hall–Kier alpha value is -2.82. The van der Waals surface area contributed by atoms with Crippen molar-refractivity contribution in [2.45, 2.75) is 13.8 Å². The van der Waals surface area contributed by atoms with E-state index < -0.39 is 0 Å². The number of para-hydroxylation sites is 1. The van der Waals surface area contributed by atoms with Gasteiger partial charge >= 0.3 is 0 Å². The molecule has 0 radical (unpaired) electrons. The molecule has 5 nitrogen and oxygen atoms in total. The normalized spacial score (nSPS) is 10.6. The van der Waals surface area contributed by atoms with Crippen molar-refractivity contribution in [1.82, 2.24) is 5.43 Å². The van der Waals surface area contributed by atoms with E-state index in [9.17, 15) is 9.90 Å². The molecule has 0 aromatic heterocycles. The van der Waals surface area contributed by atoms with Crippen LogP contribution in [0.3, 0.4) is 0 Å². The maximum absolute atomic E-state index is 11.7. The number of carbonyl (C=O) groups is 1. The van der Waals surface area contributed by atoms with Gasteiger partial charge in [-0.25, -0.2) is 5.43 Å². The number of phenols is 1. The fraction of sp³-hybridized carbons (Fsp3) is 0.176. The molecule has 1 amide bonds. The summed E-state index contributed by atoms with van der Waals surface area (Å²) in [6.07, 6.45) is 1.42. The van der Waals surface area contributed by atoms with E-state index >= 15 is 0 Å². The van der Waals surface area contributed by atoms with Crippen molar-refractivity contribution in [3.63, 3.8) is 0 Å². The van der Waals surface area contributed by atoms with Crippen molar-refractivity contribution in [1.29, 1.82) is 0 Å². The summed E-state index contributed by atoms with van der Waals surface area (Å²) < 4.78 is 0. The number of nitrogens with zero attached hydrogens (tertiary/aromatic N) is 1. The Morgan fingerprint density at radius 3 is 2.77 bits per heavy atom. The number of amides is 1. The lowest BCUT2D eigenvalue weighted by Gasteiger charge is -2.07. The summed E-state index contributed by atoms with van der Waals surface area (Å²) in [5, 5.41) is 16.6. The zero-order valence-electron chi connectivity index (χ0n) is 12.6. The third-order valence-electron chi connectivity index (χ3n) is 3.16. The minimum absolute atomic E-state index is 0.127. The van der Waals surface area contributed by atoms with Crippen molar-refractivity contribution >= 4 is 17.8 Å². The largest absolute Gasteiger partial charge is 0.507 e. The summed E-state index contributed by atoms with van der Waals surface area (Å²) >= 11 is 0. The molecular weight excluding hydrogens is 278 g/mol. The van der Waals surface area contributed by atoms with Gasteiger partial charge in [-0.2, -0.15) is 5.10 Å². The number of hydrogen-bond donors (Lipinski definition) is 3. The molecule has 22 heavy (non-hydrogen) atoms. The average Bonchev–Trinajstić information content (AvgIpc) is 2.50. The van der Waals surface area contributed by atoms with Crippen LogP contribution in [0.1, 0.15) is 16.7 Å². The van der Waals surface area contributed by atoms with Crippen LogP contribution in [0.25, 0.3) is 0 Å². The Kier molecular flexibility index (Phi) is 5.14.